The van der Waals surface area contributed by atoms with Crippen LogP contribution >= 0.6 is 11.3 Å². The summed E-state index contributed by atoms with van der Waals surface area (Å²) in [6.07, 6.45) is 8.12. The van der Waals surface area contributed by atoms with Crippen LogP contribution in [0.3, 0.4) is 0 Å². The lowest BCUT2D eigenvalue weighted by Gasteiger charge is -2.55. The van der Waals surface area contributed by atoms with Gasteiger partial charge in [0.25, 0.3) is 5.91 Å². The number of fused-ring (bicyclic) bond motifs is 4. The van der Waals surface area contributed by atoms with Gasteiger partial charge >= 0.3 is 0 Å². The number of carbonyl (C=O) groups is 1. The Labute approximate surface area is 165 Å². The minimum atomic E-state index is 0.192. The van der Waals surface area contributed by atoms with Crippen LogP contribution < -0.4 is 0 Å². The molecule has 4 heterocycles. The van der Waals surface area contributed by atoms with E-state index in [1.165, 1.54) is 49.0 Å². The van der Waals surface area contributed by atoms with Crippen molar-refractivity contribution < 1.29 is 4.79 Å². The zero-order chi connectivity index (χ0) is 18.2. The van der Waals surface area contributed by atoms with Crippen LogP contribution in [-0.2, 0) is 6.42 Å². The zero-order valence-corrected chi connectivity index (χ0v) is 16.5. The number of amides is 1. The van der Waals surface area contributed by atoms with Crippen molar-refractivity contribution in [1.29, 1.82) is 0 Å². The summed E-state index contributed by atoms with van der Waals surface area (Å²) in [7, 11) is 0. The number of nitrogens with zero attached hydrogens (tertiary/aromatic N) is 3. The molecule has 1 aromatic heterocycles. The molecular formula is C22H27N3OS. The molecule has 3 aliphatic heterocycles. The summed E-state index contributed by atoms with van der Waals surface area (Å²) >= 11 is 1.46. The number of benzene rings is 1. The van der Waals surface area contributed by atoms with Gasteiger partial charge in [-0.2, -0.15) is 0 Å². The summed E-state index contributed by atoms with van der Waals surface area (Å²) in [6.45, 7) is 2.99. The molecule has 3 aliphatic rings. The number of likely N-dealkylation sites (tertiary alicyclic amines) is 1. The molecule has 1 aromatic carbocycles. The maximum absolute atomic E-state index is 12.8. The number of rotatable bonds is 3. The van der Waals surface area contributed by atoms with Gasteiger partial charge in [-0.05, 0) is 43.1 Å². The first-order valence-corrected chi connectivity index (χ1v) is 11.1. The number of hydrogen-bond donors (Lipinski definition) is 0. The van der Waals surface area contributed by atoms with E-state index in [9.17, 15) is 4.79 Å². The molecule has 142 valence electrons. The molecule has 3 saturated heterocycles. The van der Waals surface area contributed by atoms with Gasteiger partial charge in [0, 0.05) is 31.7 Å². The molecule has 0 aliphatic carbocycles. The third kappa shape index (κ3) is 3.43. The second-order valence-corrected chi connectivity index (χ2v) is 9.36. The minimum absolute atomic E-state index is 0.192. The van der Waals surface area contributed by atoms with Gasteiger partial charge in [0.2, 0.25) is 0 Å². The average molecular weight is 382 g/mol. The lowest BCUT2D eigenvalue weighted by atomic mass is 9.74. The molecule has 0 unspecified atom stereocenters. The van der Waals surface area contributed by atoms with Gasteiger partial charge in [-0.1, -0.05) is 36.8 Å². The third-order valence-corrected chi connectivity index (χ3v) is 7.52. The van der Waals surface area contributed by atoms with Crippen molar-refractivity contribution in [2.24, 2.45) is 11.8 Å². The fourth-order valence-electron chi connectivity index (χ4n) is 5.66. The predicted molar refractivity (Wildman–Crippen MR) is 108 cm³/mol. The van der Waals surface area contributed by atoms with Crippen LogP contribution in [0.15, 0.2) is 42.0 Å². The molecule has 5 heteroatoms. The van der Waals surface area contributed by atoms with E-state index in [-0.39, 0.29) is 5.91 Å². The minimum Gasteiger partial charge on any atom is -0.337 e. The molecule has 1 amide bonds. The van der Waals surface area contributed by atoms with Crippen LogP contribution in [0, 0.1) is 11.8 Å². The first-order valence-electron chi connectivity index (χ1n) is 10.3. The Morgan fingerprint density at radius 1 is 1.15 bits per heavy atom. The second kappa shape index (κ2) is 7.36. The van der Waals surface area contributed by atoms with Crippen molar-refractivity contribution in [3.63, 3.8) is 0 Å². The van der Waals surface area contributed by atoms with Gasteiger partial charge in [-0.15, -0.1) is 11.3 Å². The van der Waals surface area contributed by atoms with Crippen molar-refractivity contribution in [3.8, 4) is 0 Å². The third-order valence-electron chi connectivity index (χ3n) is 6.76. The van der Waals surface area contributed by atoms with Gasteiger partial charge in [0.15, 0.2) is 0 Å². The number of hydrogen-bond acceptors (Lipinski definition) is 4. The predicted octanol–water partition coefficient (Wildman–Crippen LogP) is 3.70. The standard InChI is InChI=1S/C22H27N3OS/c26-22(21-11-23-15-27-21)24-12-17-9-18(14-24)20-8-4-7-19(25(20)13-17)10-16-5-2-1-3-6-16/h1-3,5-6,11,15,17-20H,4,7-10,12-14H2/t17-,18+,19+,20-/m0/s1. The van der Waals surface area contributed by atoms with Crippen LogP contribution in [0.2, 0.25) is 0 Å². The summed E-state index contributed by atoms with van der Waals surface area (Å²) in [6, 6.07) is 12.3. The molecule has 0 radical (unpaired) electrons. The molecule has 27 heavy (non-hydrogen) atoms. The molecule has 3 fully saturated rings. The van der Waals surface area contributed by atoms with Crippen molar-refractivity contribution in [1.82, 2.24) is 14.8 Å². The molecular weight excluding hydrogens is 354 g/mol. The van der Waals surface area contributed by atoms with Gasteiger partial charge in [-0.3, -0.25) is 14.7 Å². The highest BCUT2D eigenvalue weighted by atomic mass is 32.1. The molecule has 0 spiro atoms. The van der Waals surface area contributed by atoms with E-state index in [1.807, 2.05) is 0 Å². The molecule has 2 aromatic rings. The maximum atomic E-state index is 12.8. The number of piperidine rings is 3. The van der Waals surface area contributed by atoms with Crippen LogP contribution in [-0.4, -0.2) is 52.4 Å². The number of thiazole rings is 1. The van der Waals surface area contributed by atoms with Crippen molar-refractivity contribution in [2.45, 2.75) is 44.2 Å². The van der Waals surface area contributed by atoms with E-state index < -0.39 is 0 Å². The first kappa shape index (κ1) is 17.4. The van der Waals surface area contributed by atoms with Crippen LogP contribution in [0.1, 0.15) is 40.9 Å². The highest BCUT2D eigenvalue weighted by Crippen LogP contribution is 2.40. The lowest BCUT2D eigenvalue weighted by molar-refractivity contribution is -0.0498. The molecule has 2 bridgehead atoms. The van der Waals surface area contributed by atoms with E-state index in [1.54, 1.807) is 11.7 Å². The van der Waals surface area contributed by atoms with Crippen molar-refractivity contribution in [2.75, 3.05) is 19.6 Å². The van der Waals surface area contributed by atoms with E-state index >= 15 is 0 Å². The fourth-order valence-corrected chi connectivity index (χ4v) is 6.25. The highest BCUT2D eigenvalue weighted by molar-refractivity contribution is 7.11. The van der Waals surface area contributed by atoms with Crippen molar-refractivity contribution >= 4 is 17.2 Å². The van der Waals surface area contributed by atoms with Gasteiger partial charge in [0.1, 0.15) is 4.88 Å². The summed E-state index contributed by atoms with van der Waals surface area (Å²) in [5.41, 5.74) is 3.22. The Balaban J connectivity index is 1.31. The van der Waals surface area contributed by atoms with E-state index in [0.717, 1.165) is 24.5 Å². The summed E-state index contributed by atoms with van der Waals surface area (Å²) < 4.78 is 0. The summed E-state index contributed by atoms with van der Waals surface area (Å²) in [5, 5.41) is 0. The first-order chi connectivity index (χ1) is 13.3. The zero-order valence-electron chi connectivity index (χ0n) is 15.7. The quantitative estimate of drug-likeness (QED) is 0.813. The maximum Gasteiger partial charge on any atom is 0.265 e. The normalized spacial score (nSPS) is 30.7. The second-order valence-electron chi connectivity index (χ2n) is 8.48. The SMILES string of the molecule is O=C(c1cncs1)N1C[C@@H]2C[C@H](C1)[C@@H]1CCC[C@H](Cc3ccccc3)N1C2. The highest BCUT2D eigenvalue weighted by Gasteiger charge is 2.45. The average Bonchev–Trinajstić information content (AvgIpc) is 3.23. The molecule has 0 saturated carbocycles. The van der Waals surface area contributed by atoms with Crippen LogP contribution in [0.4, 0.5) is 0 Å². The van der Waals surface area contributed by atoms with Crippen molar-refractivity contribution in [3.05, 3.63) is 52.5 Å². The molecule has 4 nitrogen and oxygen atoms in total. The lowest BCUT2D eigenvalue weighted by Crippen LogP contribution is -2.62. The topological polar surface area (TPSA) is 36.4 Å². The van der Waals surface area contributed by atoms with Crippen LogP contribution in [0.5, 0.6) is 0 Å². The Bertz CT molecular complexity index is 778. The number of carbonyl (C=O) groups excluding carboxylic acids is 1. The molecule has 5 rings (SSSR count). The number of aromatic nitrogens is 1. The summed E-state index contributed by atoms with van der Waals surface area (Å²) in [4.78, 5) is 22.7. The molecule has 4 atom stereocenters. The smallest absolute Gasteiger partial charge is 0.265 e. The van der Waals surface area contributed by atoms with Crippen LogP contribution in [0.25, 0.3) is 0 Å². The van der Waals surface area contributed by atoms with Gasteiger partial charge in [0.05, 0.1) is 11.7 Å². The van der Waals surface area contributed by atoms with E-state index in [0.29, 0.717) is 23.9 Å². The largest absolute Gasteiger partial charge is 0.337 e. The Morgan fingerprint density at radius 2 is 2.04 bits per heavy atom. The molecule has 0 N–H and O–H groups in total. The Kier molecular flexibility index (Phi) is 4.74. The van der Waals surface area contributed by atoms with Gasteiger partial charge in [-0.25, -0.2) is 0 Å². The van der Waals surface area contributed by atoms with Gasteiger partial charge < -0.3 is 4.90 Å². The van der Waals surface area contributed by atoms with E-state index in [4.69, 9.17) is 0 Å². The Morgan fingerprint density at radius 3 is 2.85 bits per heavy atom. The summed E-state index contributed by atoms with van der Waals surface area (Å²) in [5.74, 6) is 1.44. The fraction of sp³-hybridized carbons (Fsp3) is 0.545. The van der Waals surface area contributed by atoms with E-state index in [2.05, 4.69) is 45.1 Å². The Hall–Kier alpha value is -1.72. The monoisotopic (exact) mass is 381 g/mol.